The monoisotopic (exact) mass is 506 g/mol. The van der Waals surface area contributed by atoms with Gasteiger partial charge in [-0.1, -0.05) is 103 Å². The molecule has 0 aliphatic rings. The molecule has 0 saturated heterocycles. The van der Waals surface area contributed by atoms with E-state index >= 15 is 0 Å². The molecular weight excluding hydrogens is 456 g/mol. The predicted octanol–water partition coefficient (Wildman–Crippen LogP) is 6.36. The molecule has 0 unspecified atom stereocenters. The van der Waals surface area contributed by atoms with E-state index < -0.39 is 11.8 Å². The Balaban J connectivity index is 1.84. The molecule has 0 radical (unpaired) electrons. The smallest absolute Gasteiger partial charge is 0.309 e. The Kier molecular flexibility index (Phi) is 19.1. The minimum atomic E-state index is -0.631. The van der Waals surface area contributed by atoms with Crippen LogP contribution in [-0.4, -0.2) is 41.7 Å². The largest absolute Gasteiger partial charge is 0.504 e. The van der Waals surface area contributed by atoms with Gasteiger partial charge in [-0.3, -0.25) is 9.59 Å². The number of ether oxygens (including phenoxy) is 1. The molecular formula is C29H50N2O5. The number of unbranched alkanes of at least 4 members (excludes halogenated alkanes) is 15. The van der Waals surface area contributed by atoms with Gasteiger partial charge in [-0.2, -0.15) is 0 Å². The van der Waals surface area contributed by atoms with Crippen molar-refractivity contribution in [3.8, 4) is 17.2 Å². The number of phenols is 2. The summed E-state index contributed by atoms with van der Waals surface area (Å²) in [5.74, 6) is -1.26. The lowest BCUT2D eigenvalue weighted by Crippen LogP contribution is -2.40. The summed E-state index contributed by atoms with van der Waals surface area (Å²) in [6.45, 7) is 3.42. The lowest BCUT2D eigenvalue weighted by atomic mass is 10.0. The molecule has 7 heteroatoms. The number of rotatable bonds is 22. The van der Waals surface area contributed by atoms with Gasteiger partial charge in [-0.05, 0) is 25.0 Å². The van der Waals surface area contributed by atoms with Gasteiger partial charge in [0.25, 0.3) is 0 Å². The van der Waals surface area contributed by atoms with Crippen molar-refractivity contribution in [3.05, 3.63) is 18.2 Å². The van der Waals surface area contributed by atoms with Gasteiger partial charge in [0.2, 0.25) is 0 Å². The summed E-state index contributed by atoms with van der Waals surface area (Å²) in [6, 6.07) is 4.20. The van der Waals surface area contributed by atoms with Gasteiger partial charge < -0.3 is 25.6 Å². The molecule has 0 heterocycles. The van der Waals surface area contributed by atoms with Crippen LogP contribution in [0.3, 0.4) is 0 Å². The fourth-order valence-corrected chi connectivity index (χ4v) is 4.09. The fourth-order valence-electron chi connectivity index (χ4n) is 4.09. The van der Waals surface area contributed by atoms with E-state index in [1.807, 2.05) is 0 Å². The third kappa shape index (κ3) is 17.1. The number of carbonyl (C=O) groups is 2. The normalized spacial score (nSPS) is 10.8. The Bertz CT molecular complexity index is 711. The first kappa shape index (κ1) is 31.6. The van der Waals surface area contributed by atoms with E-state index in [9.17, 15) is 19.8 Å². The Morgan fingerprint density at radius 1 is 0.639 bits per heavy atom. The maximum absolute atomic E-state index is 11.9. The highest BCUT2D eigenvalue weighted by Crippen LogP contribution is 2.28. The van der Waals surface area contributed by atoms with E-state index in [1.165, 1.54) is 102 Å². The minimum absolute atomic E-state index is 0.208. The van der Waals surface area contributed by atoms with Crippen molar-refractivity contribution in [2.45, 2.75) is 116 Å². The van der Waals surface area contributed by atoms with Crippen LogP contribution < -0.4 is 15.4 Å². The zero-order valence-corrected chi connectivity index (χ0v) is 22.5. The molecule has 1 aromatic carbocycles. The van der Waals surface area contributed by atoms with Crippen LogP contribution in [0.1, 0.15) is 116 Å². The molecule has 0 atom stereocenters. The van der Waals surface area contributed by atoms with Crippen molar-refractivity contribution >= 4 is 11.8 Å². The number of nitrogens with one attached hydrogen (secondary N) is 2. The van der Waals surface area contributed by atoms with Gasteiger partial charge in [-0.25, -0.2) is 0 Å². The number of amides is 2. The second-order valence-electron chi connectivity index (χ2n) is 9.67. The number of hydrogen-bond acceptors (Lipinski definition) is 5. The molecule has 0 bridgehead atoms. The van der Waals surface area contributed by atoms with Gasteiger partial charge in [0.15, 0.2) is 11.5 Å². The Morgan fingerprint density at radius 2 is 1.08 bits per heavy atom. The first-order valence-corrected chi connectivity index (χ1v) is 14.3. The Labute approximate surface area is 218 Å². The van der Waals surface area contributed by atoms with Crippen LogP contribution >= 0.6 is 0 Å². The van der Waals surface area contributed by atoms with Gasteiger partial charge in [-0.15, -0.1) is 0 Å². The third-order valence-corrected chi connectivity index (χ3v) is 6.34. The first-order valence-electron chi connectivity index (χ1n) is 14.3. The van der Waals surface area contributed by atoms with Crippen molar-refractivity contribution in [2.24, 2.45) is 0 Å². The molecule has 0 fully saturated rings. The molecule has 2 amide bonds. The van der Waals surface area contributed by atoms with Crippen LogP contribution in [0, 0.1) is 0 Å². The molecule has 36 heavy (non-hydrogen) atoms. The van der Waals surface area contributed by atoms with Crippen molar-refractivity contribution in [1.29, 1.82) is 0 Å². The molecule has 1 rings (SSSR count). The summed E-state index contributed by atoms with van der Waals surface area (Å²) < 4.78 is 5.43. The van der Waals surface area contributed by atoms with Gasteiger partial charge in [0.05, 0.1) is 6.61 Å². The zero-order valence-electron chi connectivity index (χ0n) is 22.5. The van der Waals surface area contributed by atoms with Crippen molar-refractivity contribution in [1.82, 2.24) is 10.6 Å². The second-order valence-corrected chi connectivity index (χ2v) is 9.67. The van der Waals surface area contributed by atoms with Gasteiger partial charge >= 0.3 is 11.8 Å². The zero-order chi connectivity index (χ0) is 26.3. The summed E-state index contributed by atoms with van der Waals surface area (Å²) in [6.07, 6.45) is 21.4. The summed E-state index contributed by atoms with van der Waals surface area (Å²) >= 11 is 0. The molecule has 0 aliphatic carbocycles. The predicted molar refractivity (Wildman–Crippen MR) is 145 cm³/mol. The van der Waals surface area contributed by atoms with E-state index in [0.717, 1.165) is 12.8 Å². The number of phenolic OH excluding ortho intramolecular Hbond substituents is 2. The Morgan fingerprint density at radius 3 is 1.56 bits per heavy atom. The van der Waals surface area contributed by atoms with Crippen molar-refractivity contribution in [2.75, 3.05) is 19.7 Å². The maximum atomic E-state index is 11.9. The average Bonchev–Trinajstić information content (AvgIpc) is 2.87. The van der Waals surface area contributed by atoms with Crippen LogP contribution in [0.15, 0.2) is 18.2 Å². The topological polar surface area (TPSA) is 108 Å². The van der Waals surface area contributed by atoms with E-state index in [0.29, 0.717) is 31.9 Å². The molecule has 0 spiro atoms. The van der Waals surface area contributed by atoms with Crippen LogP contribution in [0.4, 0.5) is 0 Å². The van der Waals surface area contributed by atoms with E-state index in [1.54, 1.807) is 6.07 Å². The Hall–Kier alpha value is -2.44. The van der Waals surface area contributed by atoms with E-state index in [-0.39, 0.29) is 11.5 Å². The van der Waals surface area contributed by atoms with E-state index in [2.05, 4.69) is 17.6 Å². The summed E-state index contributed by atoms with van der Waals surface area (Å²) in [5, 5.41) is 23.9. The van der Waals surface area contributed by atoms with E-state index in [4.69, 9.17) is 4.74 Å². The number of carbonyl (C=O) groups excluding carboxylic acids is 2. The number of benzene rings is 1. The molecule has 7 nitrogen and oxygen atoms in total. The number of hydrogen-bond donors (Lipinski definition) is 4. The molecule has 206 valence electrons. The lowest BCUT2D eigenvalue weighted by molar-refractivity contribution is -0.139. The summed E-state index contributed by atoms with van der Waals surface area (Å²) in [5.41, 5.74) is 0. The second kappa shape index (κ2) is 21.8. The maximum Gasteiger partial charge on any atom is 0.309 e. The molecule has 0 aliphatic heterocycles. The SMILES string of the molecule is CCCCCCCCCCCCCCCCCCNC(=O)C(=O)NCCCOc1ccc(O)c(O)c1. The van der Waals surface area contributed by atoms with Gasteiger partial charge in [0, 0.05) is 19.2 Å². The standard InChI is InChI=1S/C29H50N2O5/c1-2-3-4-5-6-7-8-9-10-11-12-13-14-15-16-17-21-30-28(34)29(35)31-22-18-23-36-25-19-20-26(32)27(33)24-25/h19-20,24,32-33H,2-18,21-23H2,1H3,(H,30,34)(H,31,35). The van der Waals surface area contributed by atoms with Crippen molar-refractivity contribution < 1.29 is 24.5 Å². The van der Waals surface area contributed by atoms with Crippen LogP contribution in [0.2, 0.25) is 0 Å². The molecule has 1 aromatic rings. The summed E-state index contributed by atoms with van der Waals surface area (Å²) in [7, 11) is 0. The van der Waals surface area contributed by atoms with Crippen LogP contribution in [0.5, 0.6) is 17.2 Å². The fraction of sp³-hybridized carbons (Fsp3) is 0.724. The lowest BCUT2D eigenvalue weighted by Gasteiger charge is -2.08. The molecule has 0 saturated carbocycles. The number of aromatic hydroxyl groups is 2. The minimum Gasteiger partial charge on any atom is -0.504 e. The highest BCUT2D eigenvalue weighted by atomic mass is 16.5. The average molecular weight is 507 g/mol. The highest BCUT2D eigenvalue weighted by molar-refractivity contribution is 6.35. The quantitative estimate of drug-likeness (QED) is 0.0831. The molecule has 0 aromatic heterocycles. The summed E-state index contributed by atoms with van der Waals surface area (Å²) in [4.78, 5) is 23.7. The van der Waals surface area contributed by atoms with Crippen molar-refractivity contribution in [3.63, 3.8) is 0 Å². The van der Waals surface area contributed by atoms with Gasteiger partial charge in [0.1, 0.15) is 5.75 Å². The molecule has 4 N–H and O–H groups in total. The van der Waals surface area contributed by atoms with Crippen LogP contribution in [-0.2, 0) is 9.59 Å². The van der Waals surface area contributed by atoms with Crippen LogP contribution in [0.25, 0.3) is 0 Å². The third-order valence-electron chi connectivity index (χ3n) is 6.34. The first-order chi connectivity index (χ1) is 17.5. The highest BCUT2D eigenvalue weighted by Gasteiger charge is 2.11.